The molecule has 0 amide bonds. The third-order valence-corrected chi connectivity index (χ3v) is 4.40. The number of aryl methyl sites for hydroxylation is 1. The molecule has 0 bridgehead atoms. The number of ether oxygens (including phenoxy) is 1. The Balaban J connectivity index is 1.91. The first-order valence-corrected chi connectivity index (χ1v) is 7.65. The topological polar surface area (TPSA) is 25.4 Å². The van der Waals surface area contributed by atoms with Gasteiger partial charge in [0.2, 0.25) is 0 Å². The molecule has 6 heteroatoms. The van der Waals surface area contributed by atoms with Crippen molar-refractivity contribution in [3.05, 3.63) is 30.0 Å². The maximum atomic E-state index is 12.8. The van der Waals surface area contributed by atoms with E-state index in [0.717, 1.165) is 28.0 Å². The van der Waals surface area contributed by atoms with Crippen LogP contribution in [0.4, 0.5) is 19.0 Å². The molecule has 23 heavy (non-hydrogen) atoms. The number of fused-ring (bicyclic) bond motifs is 1. The molecule has 0 unspecified atom stereocenters. The van der Waals surface area contributed by atoms with Gasteiger partial charge >= 0.3 is 6.18 Å². The molecule has 1 saturated heterocycles. The highest BCUT2D eigenvalue weighted by Gasteiger charge is 2.41. The quantitative estimate of drug-likeness (QED) is 0.822. The summed E-state index contributed by atoms with van der Waals surface area (Å²) in [5, 5.41) is 1.94. The molecule has 0 aliphatic carbocycles. The molecule has 1 aliphatic rings. The monoisotopic (exact) mass is 324 g/mol. The molecule has 0 radical (unpaired) electrons. The van der Waals surface area contributed by atoms with Gasteiger partial charge in [0, 0.05) is 24.2 Å². The average molecular weight is 324 g/mol. The van der Waals surface area contributed by atoms with Crippen molar-refractivity contribution in [2.75, 3.05) is 25.1 Å². The summed E-state index contributed by atoms with van der Waals surface area (Å²) in [6, 6.07) is 7.66. The van der Waals surface area contributed by atoms with Gasteiger partial charge in [-0.15, -0.1) is 0 Å². The Morgan fingerprint density at radius 1 is 1.17 bits per heavy atom. The number of pyridine rings is 1. The van der Waals surface area contributed by atoms with Crippen molar-refractivity contribution in [3.8, 4) is 5.75 Å². The Morgan fingerprint density at radius 2 is 1.87 bits per heavy atom. The van der Waals surface area contributed by atoms with E-state index in [4.69, 9.17) is 4.74 Å². The summed E-state index contributed by atoms with van der Waals surface area (Å²) < 4.78 is 43.7. The van der Waals surface area contributed by atoms with Crippen LogP contribution in [0.1, 0.15) is 18.5 Å². The van der Waals surface area contributed by atoms with Crippen LogP contribution in [0.5, 0.6) is 5.75 Å². The predicted molar refractivity (Wildman–Crippen MR) is 84.0 cm³/mol. The number of anilines is 1. The van der Waals surface area contributed by atoms with Gasteiger partial charge in [-0.1, -0.05) is 0 Å². The highest BCUT2D eigenvalue weighted by Crippen LogP contribution is 2.37. The van der Waals surface area contributed by atoms with E-state index in [9.17, 15) is 13.2 Å². The molecule has 0 spiro atoms. The number of piperidine rings is 1. The van der Waals surface area contributed by atoms with Crippen LogP contribution >= 0.6 is 0 Å². The summed E-state index contributed by atoms with van der Waals surface area (Å²) in [7, 11) is 1.61. The minimum atomic E-state index is -4.10. The van der Waals surface area contributed by atoms with Gasteiger partial charge in [-0.3, -0.25) is 0 Å². The van der Waals surface area contributed by atoms with Crippen LogP contribution in [0, 0.1) is 12.8 Å². The highest BCUT2D eigenvalue weighted by atomic mass is 19.4. The summed E-state index contributed by atoms with van der Waals surface area (Å²) in [6.07, 6.45) is -3.85. The zero-order valence-corrected chi connectivity index (χ0v) is 13.2. The summed E-state index contributed by atoms with van der Waals surface area (Å²) in [5.41, 5.74) is 0.846. The molecule has 1 aromatic carbocycles. The highest BCUT2D eigenvalue weighted by molar-refractivity contribution is 5.93. The number of aromatic nitrogens is 1. The van der Waals surface area contributed by atoms with Crippen molar-refractivity contribution >= 4 is 16.6 Å². The van der Waals surface area contributed by atoms with Crippen molar-refractivity contribution in [1.82, 2.24) is 4.98 Å². The largest absolute Gasteiger partial charge is 0.497 e. The van der Waals surface area contributed by atoms with Crippen LogP contribution < -0.4 is 9.64 Å². The summed E-state index contributed by atoms with van der Waals surface area (Å²) in [4.78, 5) is 6.53. The van der Waals surface area contributed by atoms with Crippen molar-refractivity contribution < 1.29 is 17.9 Å². The van der Waals surface area contributed by atoms with Crippen LogP contribution in [0.2, 0.25) is 0 Å². The number of methoxy groups -OCH3 is 1. The van der Waals surface area contributed by atoms with Crippen molar-refractivity contribution in [3.63, 3.8) is 0 Å². The van der Waals surface area contributed by atoms with E-state index >= 15 is 0 Å². The molecule has 2 aromatic rings. The zero-order valence-electron chi connectivity index (χ0n) is 13.2. The first kappa shape index (κ1) is 15.9. The van der Waals surface area contributed by atoms with Gasteiger partial charge in [-0.25, -0.2) is 4.98 Å². The van der Waals surface area contributed by atoms with E-state index in [-0.39, 0.29) is 12.8 Å². The van der Waals surface area contributed by atoms with E-state index in [0.29, 0.717) is 13.1 Å². The Hall–Kier alpha value is -1.98. The standard InChI is InChI=1S/C17H19F3N2O/c1-11-9-12-10-14(23-2)3-4-15(12)16(21-11)22-7-5-13(6-8-22)17(18,19)20/h3-4,9-10,13H,5-8H2,1-2H3. The van der Waals surface area contributed by atoms with Crippen molar-refractivity contribution in [2.24, 2.45) is 5.92 Å². The number of rotatable bonds is 2. The van der Waals surface area contributed by atoms with Crippen LogP contribution in [-0.4, -0.2) is 31.4 Å². The van der Waals surface area contributed by atoms with E-state index in [2.05, 4.69) is 4.98 Å². The number of benzene rings is 1. The zero-order chi connectivity index (χ0) is 16.6. The molecule has 0 saturated carbocycles. The van der Waals surface area contributed by atoms with Crippen LogP contribution in [0.15, 0.2) is 24.3 Å². The molecule has 0 atom stereocenters. The van der Waals surface area contributed by atoms with Gasteiger partial charge in [0.05, 0.1) is 13.0 Å². The average Bonchev–Trinajstić information content (AvgIpc) is 2.52. The van der Waals surface area contributed by atoms with Gasteiger partial charge in [0.25, 0.3) is 0 Å². The molecule has 2 heterocycles. The molecular formula is C17H19F3N2O. The second kappa shape index (κ2) is 5.91. The van der Waals surface area contributed by atoms with Gasteiger partial charge in [0.1, 0.15) is 11.6 Å². The smallest absolute Gasteiger partial charge is 0.391 e. The van der Waals surface area contributed by atoms with Crippen LogP contribution in [-0.2, 0) is 0 Å². The lowest BCUT2D eigenvalue weighted by Gasteiger charge is -2.34. The molecule has 1 aromatic heterocycles. The van der Waals surface area contributed by atoms with Gasteiger partial charge in [-0.05, 0) is 49.4 Å². The first-order valence-electron chi connectivity index (χ1n) is 7.65. The Labute approximate surface area is 133 Å². The van der Waals surface area contributed by atoms with E-state index in [1.807, 2.05) is 36.1 Å². The SMILES string of the molecule is COc1ccc2c(N3CCC(C(F)(F)F)CC3)nc(C)cc2c1. The van der Waals surface area contributed by atoms with Gasteiger partial charge in [0.15, 0.2) is 0 Å². The maximum absolute atomic E-state index is 12.8. The van der Waals surface area contributed by atoms with Crippen molar-refractivity contribution in [1.29, 1.82) is 0 Å². The van der Waals surface area contributed by atoms with Crippen LogP contribution in [0.3, 0.4) is 0 Å². The number of alkyl halides is 3. The number of hydrogen-bond donors (Lipinski definition) is 0. The van der Waals surface area contributed by atoms with Gasteiger partial charge < -0.3 is 9.64 Å². The second-order valence-electron chi connectivity index (χ2n) is 5.98. The van der Waals surface area contributed by atoms with Crippen molar-refractivity contribution in [2.45, 2.75) is 25.9 Å². The fraction of sp³-hybridized carbons (Fsp3) is 0.471. The van der Waals surface area contributed by atoms with E-state index in [1.54, 1.807) is 7.11 Å². The minimum Gasteiger partial charge on any atom is -0.497 e. The summed E-state index contributed by atoms with van der Waals surface area (Å²) in [6.45, 7) is 2.65. The molecular weight excluding hydrogens is 305 g/mol. The maximum Gasteiger partial charge on any atom is 0.391 e. The number of halogens is 3. The summed E-state index contributed by atoms with van der Waals surface area (Å²) in [5.74, 6) is 0.322. The number of hydrogen-bond acceptors (Lipinski definition) is 3. The second-order valence-corrected chi connectivity index (χ2v) is 5.98. The van der Waals surface area contributed by atoms with Crippen LogP contribution in [0.25, 0.3) is 10.8 Å². The molecule has 3 rings (SSSR count). The minimum absolute atomic E-state index is 0.122. The third kappa shape index (κ3) is 3.21. The molecule has 3 nitrogen and oxygen atoms in total. The first-order chi connectivity index (χ1) is 10.9. The Morgan fingerprint density at radius 3 is 2.48 bits per heavy atom. The van der Waals surface area contributed by atoms with E-state index in [1.165, 1.54) is 0 Å². The lowest BCUT2D eigenvalue weighted by atomic mass is 9.96. The third-order valence-electron chi connectivity index (χ3n) is 4.40. The molecule has 1 aliphatic heterocycles. The predicted octanol–water partition coefficient (Wildman–Crippen LogP) is 4.33. The summed E-state index contributed by atoms with van der Waals surface area (Å²) >= 11 is 0. The van der Waals surface area contributed by atoms with E-state index < -0.39 is 12.1 Å². The Bertz CT molecular complexity index is 707. The molecule has 1 fully saturated rings. The Kier molecular flexibility index (Phi) is 4.08. The fourth-order valence-corrected chi connectivity index (χ4v) is 3.14. The lowest BCUT2D eigenvalue weighted by molar-refractivity contribution is -0.179. The number of nitrogens with zero attached hydrogens (tertiary/aromatic N) is 2. The molecule has 124 valence electrons. The molecule has 0 N–H and O–H groups in total. The van der Waals surface area contributed by atoms with Gasteiger partial charge in [-0.2, -0.15) is 13.2 Å². The fourth-order valence-electron chi connectivity index (χ4n) is 3.14. The lowest BCUT2D eigenvalue weighted by Crippen LogP contribution is -2.39. The normalized spacial score (nSPS) is 16.8.